The Morgan fingerprint density at radius 2 is 1.83 bits per heavy atom. The Kier molecular flexibility index (Phi) is 5.84. The summed E-state index contributed by atoms with van der Waals surface area (Å²) in [5.41, 5.74) is 3.38. The highest BCUT2D eigenvalue weighted by Crippen LogP contribution is 2.15. The lowest BCUT2D eigenvalue weighted by Crippen LogP contribution is -2.20. The lowest BCUT2D eigenvalue weighted by Gasteiger charge is -2.09. The maximum Gasteiger partial charge on any atom is 0.331 e. The largest absolute Gasteiger partial charge is 0.452 e. The molecule has 0 atom stereocenters. The molecule has 0 aromatic heterocycles. The second-order valence-electron chi connectivity index (χ2n) is 5.36. The summed E-state index contributed by atoms with van der Waals surface area (Å²) in [4.78, 5) is 23.4. The van der Waals surface area contributed by atoms with Gasteiger partial charge in [-0.2, -0.15) is 0 Å². The number of ether oxygens (including phenoxy) is 1. The van der Waals surface area contributed by atoms with Crippen LogP contribution in [0, 0.1) is 19.7 Å². The van der Waals surface area contributed by atoms with E-state index in [9.17, 15) is 14.0 Å². The molecular weight excluding hydrogens is 309 g/mol. The summed E-state index contributed by atoms with van der Waals surface area (Å²) in [7, 11) is 0. The van der Waals surface area contributed by atoms with E-state index in [4.69, 9.17) is 4.74 Å². The van der Waals surface area contributed by atoms with Crippen LogP contribution in [0.5, 0.6) is 0 Å². The highest BCUT2D eigenvalue weighted by Gasteiger charge is 2.07. The van der Waals surface area contributed by atoms with E-state index in [1.165, 1.54) is 36.4 Å². The molecule has 2 aromatic rings. The van der Waals surface area contributed by atoms with Crippen LogP contribution in [0.3, 0.4) is 0 Å². The van der Waals surface area contributed by atoms with Gasteiger partial charge in [-0.15, -0.1) is 0 Å². The van der Waals surface area contributed by atoms with Crippen LogP contribution in [0.2, 0.25) is 0 Å². The number of esters is 1. The molecule has 124 valence electrons. The molecule has 1 amide bonds. The minimum absolute atomic E-state index is 0.349. The molecule has 0 spiro atoms. The highest BCUT2D eigenvalue weighted by atomic mass is 19.1. The summed E-state index contributed by atoms with van der Waals surface area (Å²) < 4.78 is 17.6. The van der Waals surface area contributed by atoms with Gasteiger partial charge in [-0.1, -0.05) is 29.8 Å². The molecule has 1 N–H and O–H groups in total. The molecule has 4 nitrogen and oxygen atoms in total. The topological polar surface area (TPSA) is 55.4 Å². The average molecular weight is 327 g/mol. The number of halogens is 1. The van der Waals surface area contributed by atoms with Gasteiger partial charge in [0.25, 0.3) is 5.91 Å². The van der Waals surface area contributed by atoms with E-state index in [-0.39, 0.29) is 12.4 Å². The fourth-order valence-corrected chi connectivity index (χ4v) is 2.06. The van der Waals surface area contributed by atoms with Gasteiger partial charge in [-0.25, -0.2) is 9.18 Å². The Morgan fingerprint density at radius 1 is 1.12 bits per heavy atom. The Bertz CT molecular complexity index is 767. The number of carbonyl (C=O) groups excluding carboxylic acids is 2. The van der Waals surface area contributed by atoms with Gasteiger partial charge in [0.15, 0.2) is 6.61 Å². The first-order valence-corrected chi connectivity index (χ1v) is 7.41. The van der Waals surface area contributed by atoms with Gasteiger partial charge >= 0.3 is 5.97 Å². The van der Waals surface area contributed by atoms with Crippen LogP contribution < -0.4 is 5.32 Å². The van der Waals surface area contributed by atoms with E-state index in [1.54, 1.807) is 6.07 Å². The van der Waals surface area contributed by atoms with Crippen LogP contribution in [0.1, 0.15) is 16.7 Å². The van der Waals surface area contributed by atoms with Crippen LogP contribution in [-0.4, -0.2) is 18.5 Å². The predicted molar refractivity (Wildman–Crippen MR) is 90.9 cm³/mol. The molecule has 0 aliphatic heterocycles. The lowest BCUT2D eigenvalue weighted by atomic mass is 10.1. The van der Waals surface area contributed by atoms with Crippen molar-refractivity contribution in [3.8, 4) is 0 Å². The van der Waals surface area contributed by atoms with Crippen molar-refractivity contribution >= 4 is 23.6 Å². The first-order valence-electron chi connectivity index (χ1n) is 7.41. The molecule has 0 fully saturated rings. The number of carbonyl (C=O) groups is 2. The van der Waals surface area contributed by atoms with Gasteiger partial charge < -0.3 is 10.1 Å². The van der Waals surface area contributed by atoms with E-state index >= 15 is 0 Å². The van der Waals surface area contributed by atoms with Gasteiger partial charge in [-0.3, -0.25) is 4.79 Å². The number of nitrogens with one attached hydrogen (secondary N) is 1. The zero-order valence-corrected chi connectivity index (χ0v) is 13.5. The molecule has 5 heteroatoms. The van der Waals surface area contributed by atoms with E-state index < -0.39 is 11.9 Å². The standard InChI is InChI=1S/C19H18FNO3/c1-13-3-9-17(14(2)11-13)21-18(22)12-24-19(23)10-6-15-4-7-16(20)8-5-15/h3-11H,12H2,1-2H3,(H,21,22)/b10-6+. The first-order chi connectivity index (χ1) is 11.4. The van der Waals surface area contributed by atoms with E-state index in [1.807, 2.05) is 26.0 Å². The molecule has 0 saturated heterocycles. The third kappa shape index (κ3) is 5.35. The number of anilines is 1. The van der Waals surface area contributed by atoms with Gasteiger partial charge in [0.05, 0.1) is 0 Å². The number of hydrogen-bond donors (Lipinski definition) is 1. The SMILES string of the molecule is Cc1ccc(NC(=O)COC(=O)/C=C/c2ccc(F)cc2)c(C)c1. The normalized spacial score (nSPS) is 10.6. The first kappa shape index (κ1) is 17.4. The van der Waals surface area contributed by atoms with Crippen molar-refractivity contribution in [1.82, 2.24) is 0 Å². The summed E-state index contributed by atoms with van der Waals surface area (Å²) in [6.07, 6.45) is 2.68. The Morgan fingerprint density at radius 3 is 2.50 bits per heavy atom. The van der Waals surface area contributed by atoms with Crippen molar-refractivity contribution < 1.29 is 18.7 Å². The van der Waals surface area contributed by atoms with Crippen LogP contribution in [0.15, 0.2) is 48.5 Å². The van der Waals surface area contributed by atoms with Crippen molar-refractivity contribution in [2.24, 2.45) is 0 Å². The zero-order valence-electron chi connectivity index (χ0n) is 13.5. The van der Waals surface area contributed by atoms with E-state index in [2.05, 4.69) is 5.32 Å². The molecule has 0 bridgehead atoms. The quantitative estimate of drug-likeness (QED) is 0.674. The van der Waals surface area contributed by atoms with Gasteiger partial charge in [0, 0.05) is 11.8 Å². The maximum atomic E-state index is 12.8. The monoisotopic (exact) mass is 327 g/mol. The molecule has 24 heavy (non-hydrogen) atoms. The third-order valence-electron chi connectivity index (χ3n) is 3.28. The molecule has 0 heterocycles. The Balaban J connectivity index is 1.82. The summed E-state index contributed by atoms with van der Waals surface area (Å²) in [6.45, 7) is 3.48. The molecule has 0 radical (unpaired) electrons. The predicted octanol–water partition coefficient (Wildman–Crippen LogP) is 3.64. The van der Waals surface area contributed by atoms with Gasteiger partial charge in [0.2, 0.25) is 0 Å². The minimum atomic E-state index is -0.643. The molecule has 2 rings (SSSR count). The molecule has 0 aliphatic carbocycles. The van der Waals surface area contributed by atoms with Crippen LogP contribution in [0.25, 0.3) is 6.08 Å². The molecular formula is C19H18FNO3. The Labute approximate surface area is 140 Å². The average Bonchev–Trinajstić information content (AvgIpc) is 2.55. The minimum Gasteiger partial charge on any atom is -0.452 e. The van der Waals surface area contributed by atoms with Crippen molar-refractivity contribution in [1.29, 1.82) is 0 Å². The zero-order chi connectivity index (χ0) is 17.5. The van der Waals surface area contributed by atoms with E-state index in [0.717, 1.165) is 11.1 Å². The van der Waals surface area contributed by atoms with Gasteiger partial charge in [0.1, 0.15) is 5.82 Å². The summed E-state index contributed by atoms with van der Waals surface area (Å²) in [5, 5.41) is 2.69. The Hall–Kier alpha value is -2.95. The number of aryl methyl sites for hydroxylation is 2. The van der Waals surface area contributed by atoms with Crippen LogP contribution in [0.4, 0.5) is 10.1 Å². The van der Waals surface area contributed by atoms with Crippen LogP contribution >= 0.6 is 0 Å². The molecule has 0 saturated carbocycles. The van der Waals surface area contributed by atoms with Crippen molar-refractivity contribution in [2.45, 2.75) is 13.8 Å². The second-order valence-corrected chi connectivity index (χ2v) is 5.36. The smallest absolute Gasteiger partial charge is 0.331 e. The van der Waals surface area contributed by atoms with Crippen molar-refractivity contribution in [3.63, 3.8) is 0 Å². The fraction of sp³-hybridized carbons (Fsp3) is 0.158. The lowest BCUT2D eigenvalue weighted by molar-refractivity contribution is -0.142. The maximum absolute atomic E-state index is 12.8. The third-order valence-corrected chi connectivity index (χ3v) is 3.28. The number of hydrogen-bond acceptors (Lipinski definition) is 3. The highest BCUT2D eigenvalue weighted by molar-refractivity contribution is 5.95. The number of amides is 1. The van der Waals surface area contributed by atoms with Crippen LogP contribution in [-0.2, 0) is 14.3 Å². The van der Waals surface area contributed by atoms with Gasteiger partial charge in [-0.05, 0) is 49.2 Å². The summed E-state index contributed by atoms with van der Waals surface area (Å²) in [6, 6.07) is 11.3. The molecule has 2 aromatic carbocycles. The number of rotatable bonds is 5. The van der Waals surface area contributed by atoms with Crippen molar-refractivity contribution in [3.05, 3.63) is 71.0 Å². The second kappa shape index (κ2) is 8.06. The molecule has 0 aliphatic rings. The fourth-order valence-electron chi connectivity index (χ4n) is 2.06. The summed E-state index contributed by atoms with van der Waals surface area (Å²) in [5.74, 6) is -1.40. The van der Waals surface area contributed by atoms with Crippen molar-refractivity contribution in [2.75, 3.05) is 11.9 Å². The van der Waals surface area contributed by atoms with E-state index in [0.29, 0.717) is 11.3 Å². The number of benzene rings is 2. The summed E-state index contributed by atoms with van der Waals surface area (Å²) >= 11 is 0. The molecule has 0 unspecified atom stereocenters.